The van der Waals surface area contributed by atoms with Gasteiger partial charge >= 0.3 is 0 Å². The summed E-state index contributed by atoms with van der Waals surface area (Å²) in [5.74, 6) is -0.576. The molecule has 142 valence electrons. The molecule has 0 bridgehead atoms. The summed E-state index contributed by atoms with van der Waals surface area (Å²) in [6, 6.07) is 13.9. The van der Waals surface area contributed by atoms with Gasteiger partial charge in [0.1, 0.15) is 10.6 Å². The molecular formula is C19H19NO5S2. The van der Waals surface area contributed by atoms with E-state index in [1.165, 1.54) is 25.1 Å². The molecule has 0 aliphatic carbocycles. The lowest BCUT2D eigenvalue weighted by atomic mass is 10.1. The van der Waals surface area contributed by atoms with Crippen LogP contribution in [0, 0.1) is 6.92 Å². The number of hydrogen-bond donors (Lipinski definition) is 2. The van der Waals surface area contributed by atoms with Gasteiger partial charge in [0.05, 0.1) is 16.3 Å². The van der Waals surface area contributed by atoms with Crippen LogP contribution in [0.3, 0.4) is 0 Å². The van der Waals surface area contributed by atoms with E-state index in [4.69, 9.17) is 0 Å². The third-order valence-electron chi connectivity index (χ3n) is 4.25. The second-order valence-electron chi connectivity index (χ2n) is 6.14. The molecule has 8 heteroatoms. The van der Waals surface area contributed by atoms with Crippen molar-refractivity contribution < 1.29 is 21.9 Å². The zero-order valence-corrected chi connectivity index (χ0v) is 16.4. The average molecular weight is 405 g/mol. The molecule has 3 aromatic carbocycles. The molecule has 0 aliphatic heterocycles. The normalized spacial score (nSPS) is 12.2. The lowest BCUT2D eigenvalue weighted by Crippen LogP contribution is -2.15. The number of nitrogens with one attached hydrogen (secondary N) is 1. The SMILES string of the molecule is CCS(=O)(=O)Nc1cc(S(=O)(=O)c2ccc(C)cc2)c(O)c2ccccc12. The molecule has 0 spiro atoms. The number of benzene rings is 3. The standard InChI is InChI=1S/C19H19NO5S2/c1-3-26(22,23)20-17-12-18(19(21)16-7-5-4-6-15(16)17)27(24,25)14-10-8-13(2)9-11-14/h4-12,20-21H,3H2,1-2H3. The van der Waals surface area contributed by atoms with Crippen LogP contribution in [0.1, 0.15) is 12.5 Å². The highest BCUT2D eigenvalue weighted by Crippen LogP contribution is 2.39. The van der Waals surface area contributed by atoms with Gasteiger partial charge in [0, 0.05) is 10.8 Å². The van der Waals surface area contributed by atoms with Crippen molar-refractivity contribution >= 4 is 36.3 Å². The molecule has 0 heterocycles. The number of phenols is 1. The van der Waals surface area contributed by atoms with E-state index in [0.29, 0.717) is 5.39 Å². The molecule has 3 aromatic rings. The van der Waals surface area contributed by atoms with Crippen molar-refractivity contribution in [3.63, 3.8) is 0 Å². The van der Waals surface area contributed by atoms with Gasteiger partial charge in [-0.2, -0.15) is 0 Å². The van der Waals surface area contributed by atoms with Gasteiger partial charge in [-0.15, -0.1) is 0 Å². The van der Waals surface area contributed by atoms with Gasteiger partial charge in [-0.25, -0.2) is 16.8 Å². The number of hydrogen-bond acceptors (Lipinski definition) is 5. The molecule has 0 saturated heterocycles. The molecule has 0 aliphatic rings. The zero-order chi connectivity index (χ0) is 19.8. The summed E-state index contributed by atoms with van der Waals surface area (Å²) in [6.45, 7) is 3.32. The summed E-state index contributed by atoms with van der Waals surface area (Å²) in [7, 11) is -7.68. The molecule has 0 fully saturated rings. The van der Waals surface area contributed by atoms with E-state index in [1.807, 2.05) is 6.92 Å². The molecule has 0 atom stereocenters. The first kappa shape index (κ1) is 19.2. The molecule has 27 heavy (non-hydrogen) atoms. The summed E-state index contributed by atoms with van der Waals surface area (Å²) >= 11 is 0. The van der Waals surface area contributed by atoms with Crippen molar-refractivity contribution in [3.8, 4) is 5.75 Å². The first-order valence-electron chi connectivity index (χ1n) is 8.22. The second-order valence-corrected chi connectivity index (χ2v) is 10.1. The van der Waals surface area contributed by atoms with E-state index in [0.717, 1.165) is 5.56 Å². The van der Waals surface area contributed by atoms with Crippen molar-refractivity contribution in [2.75, 3.05) is 10.5 Å². The van der Waals surface area contributed by atoms with Gasteiger partial charge in [-0.1, -0.05) is 42.0 Å². The molecule has 0 unspecified atom stereocenters. The maximum Gasteiger partial charge on any atom is 0.232 e. The molecular weight excluding hydrogens is 386 g/mol. The Balaban J connectivity index is 2.30. The van der Waals surface area contributed by atoms with Crippen molar-refractivity contribution in [2.45, 2.75) is 23.6 Å². The monoisotopic (exact) mass is 405 g/mol. The summed E-state index contributed by atoms with van der Waals surface area (Å²) in [5, 5.41) is 11.3. The quantitative estimate of drug-likeness (QED) is 0.633. The molecule has 0 saturated carbocycles. The summed E-state index contributed by atoms with van der Waals surface area (Å²) in [4.78, 5) is -0.332. The Bertz CT molecular complexity index is 1210. The zero-order valence-electron chi connectivity index (χ0n) is 14.8. The molecule has 0 amide bonds. The van der Waals surface area contributed by atoms with E-state index in [9.17, 15) is 21.9 Å². The van der Waals surface area contributed by atoms with Crippen LogP contribution in [0.15, 0.2) is 64.4 Å². The van der Waals surface area contributed by atoms with Crippen LogP contribution in [-0.4, -0.2) is 27.7 Å². The van der Waals surface area contributed by atoms with E-state index in [2.05, 4.69) is 4.72 Å². The minimum Gasteiger partial charge on any atom is -0.506 e. The smallest absolute Gasteiger partial charge is 0.232 e. The number of aromatic hydroxyl groups is 1. The highest BCUT2D eigenvalue weighted by atomic mass is 32.2. The van der Waals surface area contributed by atoms with Crippen molar-refractivity contribution in [1.82, 2.24) is 0 Å². The van der Waals surface area contributed by atoms with Crippen molar-refractivity contribution in [3.05, 3.63) is 60.2 Å². The van der Waals surface area contributed by atoms with Crippen LogP contribution in [0.5, 0.6) is 5.75 Å². The number of fused-ring (bicyclic) bond motifs is 1. The van der Waals surface area contributed by atoms with E-state index in [1.54, 1.807) is 36.4 Å². The lowest BCUT2D eigenvalue weighted by Gasteiger charge is -2.15. The van der Waals surface area contributed by atoms with E-state index >= 15 is 0 Å². The molecule has 6 nitrogen and oxygen atoms in total. The topological polar surface area (TPSA) is 101 Å². The van der Waals surface area contributed by atoms with Gasteiger partial charge in [0.15, 0.2) is 0 Å². The third kappa shape index (κ3) is 3.63. The predicted molar refractivity (Wildman–Crippen MR) is 105 cm³/mol. The Morgan fingerprint density at radius 1 is 0.926 bits per heavy atom. The number of rotatable bonds is 5. The maximum atomic E-state index is 13.1. The van der Waals surface area contributed by atoms with Gasteiger partial charge in [0.2, 0.25) is 19.9 Å². The molecule has 0 radical (unpaired) electrons. The van der Waals surface area contributed by atoms with Crippen molar-refractivity contribution in [2.24, 2.45) is 0 Å². The Labute approximate surface area is 158 Å². The summed E-state index contributed by atoms with van der Waals surface area (Å²) in [5.41, 5.74) is 1.00. The maximum absolute atomic E-state index is 13.1. The van der Waals surface area contributed by atoms with Gasteiger partial charge in [-0.05, 0) is 32.0 Å². The number of sulfone groups is 1. The summed E-state index contributed by atoms with van der Waals surface area (Å²) < 4.78 is 52.6. The van der Waals surface area contributed by atoms with Crippen LogP contribution in [0.25, 0.3) is 10.8 Å². The Kier molecular flexibility index (Phi) is 4.88. The third-order valence-corrected chi connectivity index (χ3v) is 7.32. The highest BCUT2D eigenvalue weighted by molar-refractivity contribution is 7.92. The number of aryl methyl sites for hydroxylation is 1. The fraction of sp³-hybridized carbons (Fsp3) is 0.158. The second kappa shape index (κ2) is 6.86. The van der Waals surface area contributed by atoms with Gasteiger partial charge in [0.25, 0.3) is 0 Å². The average Bonchev–Trinajstić information content (AvgIpc) is 2.64. The highest BCUT2D eigenvalue weighted by Gasteiger charge is 2.25. The van der Waals surface area contributed by atoms with Crippen molar-refractivity contribution in [1.29, 1.82) is 0 Å². The molecule has 0 aromatic heterocycles. The first-order valence-corrected chi connectivity index (χ1v) is 11.4. The minimum atomic E-state index is -4.05. The first-order chi connectivity index (χ1) is 12.7. The predicted octanol–water partition coefficient (Wildman–Crippen LogP) is 3.45. The Hall–Kier alpha value is -2.58. The van der Waals surface area contributed by atoms with Crippen LogP contribution < -0.4 is 4.72 Å². The Morgan fingerprint density at radius 2 is 1.52 bits per heavy atom. The fourth-order valence-electron chi connectivity index (χ4n) is 2.71. The molecule has 2 N–H and O–H groups in total. The number of sulfonamides is 1. The number of phenolic OH excluding ortho intramolecular Hbond substituents is 1. The number of anilines is 1. The lowest BCUT2D eigenvalue weighted by molar-refractivity contribution is 0.465. The van der Waals surface area contributed by atoms with Crippen LogP contribution in [-0.2, 0) is 19.9 Å². The van der Waals surface area contributed by atoms with Crippen LogP contribution >= 0.6 is 0 Å². The van der Waals surface area contributed by atoms with Gasteiger partial charge < -0.3 is 5.11 Å². The summed E-state index contributed by atoms with van der Waals surface area (Å²) in [6.07, 6.45) is 0. The van der Waals surface area contributed by atoms with E-state index in [-0.39, 0.29) is 26.6 Å². The van der Waals surface area contributed by atoms with Crippen LogP contribution in [0.4, 0.5) is 5.69 Å². The van der Waals surface area contributed by atoms with Crippen LogP contribution in [0.2, 0.25) is 0 Å². The minimum absolute atomic E-state index is 0.0166. The molecule has 3 rings (SSSR count). The Morgan fingerprint density at radius 3 is 2.11 bits per heavy atom. The van der Waals surface area contributed by atoms with E-state index < -0.39 is 25.6 Å². The largest absolute Gasteiger partial charge is 0.506 e. The van der Waals surface area contributed by atoms with Gasteiger partial charge in [-0.3, -0.25) is 4.72 Å². The fourth-order valence-corrected chi connectivity index (χ4v) is 4.74.